The van der Waals surface area contributed by atoms with Crippen LogP contribution in [-0.2, 0) is 10.1 Å². The third-order valence-electron chi connectivity index (χ3n) is 4.69. The second-order valence-corrected chi connectivity index (χ2v) is 8.03. The van der Waals surface area contributed by atoms with Gasteiger partial charge in [-0.15, -0.1) is 10.2 Å². The molecule has 10 heteroatoms. The Labute approximate surface area is 208 Å². The third-order valence-corrected chi connectivity index (χ3v) is 5.59. The van der Waals surface area contributed by atoms with E-state index in [1.807, 2.05) is 30.3 Å². The molecule has 3 N–H and O–H groups in total. The molecule has 0 aliphatic carbocycles. The summed E-state index contributed by atoms with van der Waals surface area (Å²) in [6.07, 6.45) is 1.48. The van der Waals surface area contributed by atoms with Crippen molar-refractivity contribution in [3.63, 3.8) is 0 Å². The average Bonchev–Trinajstić information content (AvgIpc) is 2.78. The van der Waals surface area contributed by atoms with Gasteiger partial charge in [-0.1, -0.05) is 54.6 Å². The van der Waals surface area contributed by atoms with Crippen LogP contribution in [0, 0.1) is 0 Å². The van der Waals surface area contributed by atoms with Gasteiger partial charge in [0, 0.05) is 16.3 Å². The first-order valence-corrected chi connectivity index (χ1v) is 10.6. The molecule has 0 radical (unpaired) electrons. The van der Waals surface area contributed by atoms with Crippen LogP contribution < -0.4 is 40.0 Å². The number of aromatic nitrogens is 1. The Morgan fingerprint density at radius 1 is 1.00 bits per heavy atom. The van der Waals surface area contributed by atoms with Crippen LogP contribution in [0.3, 0.4) is 0 Å². The van der Waals surface area contributed by atoms with Crippen molar-refractivity contribution in [2.24, 2.45) is 10.2 Å². The van der Waals surface area contributed by atoms with Gasteiger partial charge in [-0.2, -0.15) is 8.42 Å². The molecular weight excluding hydrogens is 439 g/mol. The molecule has 32 heavy (non-hydrogen) atoms. The summed E-state index contributed by atoms with van der Waals surface area (Å²) in [5.74, 6) is 0.434. The van der Waals surface area contributed by atoms with Crippen LogP contribution in [0.4, 0.5) is 17.1 Å². The number of nitrogens with two attached hydrogens (primary N) is 1. The Hall–Kier alpha value is -2.82. The maximum absolute atomic E-state index is 11.9. The molecule has 0 atom stereocenters. The molecule has 3 aromatic carbocycles. The molecule has 0 spiro atoms. The standard InChI is InChI=1S/C22H18N4O4S.Na.H/c1-30-22-18(14-7-3-2-4-8-14)11-15(13-24-22)25-26-19-12-20(31(27,28)29)16-9-5-6-10-17(16)21(19)23;;/h2-13H,23H2,1H3,(H,27,28,29);;/q;+1;-1. The summed E-state index contributed by atoms with van der Waals surface area (Å²) >= 11 is 0. The van der Waals surface area contributed by atoms with Crippen molar-refractivity contribution >= 4 is 38.0 Å². The van der Waals surface area contributed by atoms with Crippen LogP contribution in [0.1, 0.15) is 1.43 Å². The molecule has 0 bridgehead atoms. The number of fused-ring (bicyclic) bond motifs is 1. The smallest absolute Gasteiger partial charge is 1.00 e. The Balaban J connectivity index is 0.00000193. The molecule has 0 unspecified atom stereocenters. The zero-order valence-electron chi connectivity index (χ0n) is 18.4. The number of hydrogen-bond acceptors (Lipinski definition) is 7. The second-order valence-electron chi connectivity index (χ2n) is 6.64. The fraction of sp³-hybridized carbons (Fsp3) is 0.0455. The Morgan fingerprint density at radius 3 is 2.31 bits per heavy atom. The van der Waals surface area contributed by atoms with Crippen LogP contribution in [0.15, 0.2) is 88.1 Å². The SMILES string of the molecule is COc1ncc(N=Nc2cc(S(=O)(=O)O)c3ccccc3c2N)cc1-c1ccccc1.[H-].[Na+]. The van der Waals surface area contributed by atoms with Gasteiger partial charge in [0.1, 0.15) is 16.3 Å². The summed E-state index contributed by atoms with van der Waals surface area (Å²) in [6.45, 7) is 0. The van der Waals surface area contributed by atoms with Crippen molar-refractivity contribution < 1.29 is 48.7 Å². The van der Waals surface area contributed by atoms with E-state index in [0.29, 0.717) is 22.3 Å². The molecule has 4 aromatic rings. The quantitative estimate of drug-likeness (QED) is 0.204. The number of nitrogen functional groups attached to an aromatic ring is 1. The first kappa shape index (κ1) is 23.8. The van der Waals surface area contributed by atoms with E-state index < -0.39 is 10.1 Å². The molecule has 0 fully saturated rings. The third kappa shape index (κ3) is 4.82. The predicted molar refractivity (Wildman–Crippen MR) is 120 cm³/mol. The Morgan fingerprint density at radius 2 is 1.66 bits per heavy atom. The molecule has 8 nitrogen and oxygen atoms in total. The van der Waals surface area contributed by atoms with Gasteiger partial charge in [0.15, 0.2) is 0 Å². The minimum absolute atomic E-state index is 0. The molecule has 0 saturated carbocycles. The number of benzene rings is 3. The van der Waals surface area contributed by atoms with Crippen molar-refractivity contribution in [2.45, 2.75) is 4.90 Å². The minimum atomic E-state index is -4.49. The number of nitrogens with zero attached hydrogens (tertiary/aromatic N) is 3. The van der Waals surface area contributed by atoms with Gasteiger partial charge in [-0.05, 0) is 17.7 Å². The first-order valence-electron chi connectivity index (χ1n) is 9.18. The van der Waals surface area contributed by atoms with E-state index >= 15 is 0 Å². The Kier molecular flexibility index (Phi) is 7.27. The largest absolute Gasteiger partial charge is 1.00 e. The van der Waals surface area contributed by atoms with Crippen molar-refractivity contribution in [1.82, 2.24) is 4.98 Å². The second kappa shape index (κ2) is 9.76. The van der Waals surface area contributed by atoms with Crippen LogP contribution >= 0.6 is 0 Å². The maximum Gasteiger partial charge on any atom is 1.00 e. The fourth-order valence-corrected chi connectivity index (χ4v) is 3.96. The van der Waals surface area contributed by atoms with Gasteiger partial charge in [0.05, 0.1) is 19.0 Å². The van der Waals surface area contributed by atoms with Gasteiger partial charge in [-0.25, -0.2) is 4.98 Å². The van der Waals surface area contributed by atoms with Crippen molar-refractivity contribution in [3.05, 3.63) is 72.9 Å². The molecular formula is C22H19N4NaO4S. The van der Waals surface area contributed by atoms with Gasteiger partial charge >= 0.3 is 29.6 Å². The molecule has 0 amide bonds. The molecule has 4 rings (SSSR count). The predicted octanol–water partition coefficient (Wildman–Crippen LogP) is 2.27. The average molecular weight is 458 g/mol. The number of methoxy groups -OCH3 is 1. The number of pyridine rings is 1. The van der Waals surface area contributed by atoms with Crippen LogP contribution in [0.5, 0.6) is 5.88 Å². The van der Waals surface area contributed by atoms with E-state index in [1.54, 1.807) is 30.3 Å². The monoisotopic (exact) mass is 458 g/mol. The zero-order valence-corrected chi connectivity index (χ0v) is 20.2. The number of ether oxygens (including phenoxy) is 1. The van der Waals surface area contributed by atoms with Crippen molar-refractivity contribution in [1.29, 1.82) is 0 Å². The summed E-state index contributed by atoms with van der Waals surface area (Å²) in [4.78, 5) is 3.98. The van der Waals surface area contributed by atoms with Gasteiger partial charge in [0.2, 0.25) is 5.88 Å². The molecule has 0 aliphatic heterocycles. The van der Waals surface area contributed by atoms with E-state index in [-0.39, 0.29) is 47.3 Å². The van der Waals surface area contributed by atoms with Crippen molar-refractivity contribution in [2.75, 3.05) is 12.8 Å². The van der Waals surface area contributed by atoms with Crippen molar-refractivity contribution in [3.8, 4) is 17.0 Å². The molecule has 1 aromatic heterocycles. The summed E-state index contributed by atoms with van der Waals surface area (Å²) in [6, 6.07) is 19.1. The van der Waals surface area contributed by atoms with E-state index in [2.05, 4.69) is 15.2 Å². The summed E-state index contributed by atoms with van der Waals surface area (Å²) in [5.41, 5.74) is 8.59. The summed E-state index contributed by atoms with van der Waals surface area (Å²) in [7, 11) is -2.96. The molecule has 158 valence electrons. The van der Waals surface area contributed by atoms with Crippen LogP contribution in [-0.4, -0.2) is 25.1 Å². The van der Waals surface area contributed by atoms with E-state index in [9.17, 15) is 13.0 Å². The van der Waals surface area contributed by atoms with E-state index in [4.69, 9.17) is 10.5 Å². The maximum atomic E-state index is 11.9. The number of anilines is 1. The summed E-state index contributed by atoms with van der Waals surface area (Å²) < 4.78 is 38.7. The molecule has 1 heterocycles. The summed E-state index contributed by atoms with van der Waals surface area (Å²) in [5, 5.41) is 9.07. The van der Waals surface area contributed by atoms with E-state index in [1.165, 1.54) is 19.4 Å². The normalized spacial score (nSPS) is 11.4. The fourth-order valence-electron chi connectivity index (χ4n) is 3.24. The molecule has 0 aliphatic rings. The number of rotatable bonds is 5. The van der Waals surface area contributed by atoms with Gasteiger partial charge in [0.25, 0.3) is 10.1 Å². The van der Waals surface area contributed by atoms with E-state index in [0.717, 1.165) is 11.1 Å². The van der Waals surface area contributed by atoms with Gasteiger partial charge in [-0.3, -0.25) is 4.55 Å². The number of hydrogen-bond donors (Lipinski definition) is 2. The van der Waals surface area contributed by atoms with Crippen LogP contribution in [0.25, 0.3) is 21.9 Å². The molecule has 0 saturated heterocycles. The first-order chi connectivity index (χ1) is 14.9. The topological polar surface area (TPSA) is 127 Å². The minimum Gasteiger partial charge on any atom is -1.00 e. The van der Waals surface area contributed by atoms with Crippen LogP contribution in [0.2, 0.25) is 0 Å². The Bertz CT molecular complexity index is 1420. The zero-order chi connectivity index (χ0) is 22.0. The number of azo groups is 1. The van der Waals surface area contributed by atoms with Gasteiger partial charge < -0.3 is 11.9 Å².